The van der Waals surface area contributed by atoms with E-state index in [-0.39, 0.29) is 5.56 Å². The molecule has 0 saturated carbocycles. The highest BCUT2D eigenvalue weighted by atomic mass is 35.5. The molecule has 78 valence electrons. The minimum absolute atomic E-state index is 0.0732. The maximum atomic E-state index is 13.3. The maximum absolute atomic E-state index is 13.3. The molecule has 0 fully saturated rings. The van der Waals surface area contributed by atoms with Crippen LogP contribution < -0.4 is 0 Å². The second-order valence-electron chi connectivity index (χ2n) is 3.14. The van der Waals surface area contributed by atoms with Crippen molar-refractivity contribution >= 4 is 11.6 Å². The molecule has 1 aromatic carbocycles. The molecule has 0 spiro atoms. The number of halogens is 3. The standard InChI is InChI=1S/C10H11ClF2O/c1-7-6-8(11)2-3-9(7)10(12,13)4-5-14/h2-3,6,14H,4-5H2,1H3. The zero-order chi connectivity index (χ0) is 10.8. The van der Waals surface area contributed by atoms with Crippen LogP contribution in [0, 0.1) is 6.92 Å². The van der Waals surface area contributed by atoms with Crippen molar-refractivity contribution in [1.29, 1.82) is 0 Å². The summed E-state index contributed by atoms with van der Waals surface area (Å²) in [4.78, 5) is 0. The second kappa shape index (κ2) is 4.24. The van der Waals surface area contributed by atoms with Crippen LogP contribution in [0.3, 0.4) is 0 Å². The summed E-state index contributed by atoms with van der Waals surface area (Å²) in [6.45, 7) is 1.04. The molecule has 14 heavy (non-hydrogen) atoms. The molecular weight excluding hydrogens is 210 g/mol. The van der Waals surface area contributed by atoms with Crippen LogP contribution in [0.15, 0.2) is 18.2 Å². The van der Waals surface area contributed by atoms with E-state index in [4.69, 9.17) is 16.7 Å². The van der Waals surface area contributed by atoms with Crippen molar-refractivity contribution in [3.63, 3.8) is 0 Å². The summed E-state index contributed by atoms with van der Waals surface area (Å²) in [6, 6.07) is 4.21. The Hall–Kier alpha value is -0.670. The predicted molar refractivity (Wildman–Crippen MR) is 51.8 cm³/mol. The lowest BCUT2D eigenvalue weighted by Crippen LogP contribution is -2.16. The summed E-state index contributed by atoms with van der Waals surface area (Å²) in [5.41, 5.74) is 0.368. The number of rotatable bonds is 3. The van der Waals surface area contributed by atoms with Gasteiger partial charge in [-0.15, -0.1) is 0 Å². The quantitative estimate of drug-likeness (QED) is 0.830. The topological polar surface area (TPSA) is 20.2 Å². The molecule has 0 bridgehead atoms. The minimum Gasteiger partial charge on any atom is -0.396 e. The Kier molecular flexibility index (Phi) is 3.45. The van der Waals surface area contributed by atoms with E-state index in [0.717, 1.165) is 0 Å². The lowest BCUT2D eigenvalue weighted by molar-refractivity contribution is -0.0274. The van der Waals surface area contributed by atoms with Gasteiger partial charge in [0.15, 0.2) is 0 Å². The van der Waals surface area contributed by atoms with Gasteiger partial charge < -0.3 is 5.11 Å². The first-order valence-corrected chi connectivity index (χ1v) is 4.60. The third-order valence-corrected chi connectivity index (χ3v) is 2.24. The van der Waals surface area contributed by atoms with Crippen LogP contribution in [-0.4, -0.2) is 11.7 Å². The highest BCUT2D eigenvalue weighted by molar-refractivity contribution is 6.30. The van der Waals surface area contributed by atoms with Gasteiger partial charge in [-0.2, -0.15) is 0 Å². The van der Waals surface area contributed by atoms with E-state index in [9.17, 15) is 8.78 Å². The number of aryl methyl sites for hydroxylation is 1. The van der Waals surface area contributed by atoms with Crippen LogP contribution in [0.25, 0.3) is 0 Å². The van der Waals surface area contributed by atoms with Gasteiger partial charge in [0.1, 0.15) is 0 Å². The average Bonchev–Trinajstić information content (AvgIpc) is 2.02. The summed E-state index contributed by atoms with van der Waals surface area (Å²) >= 11 is 5.65. The fraction of sp³-hybridized carbons (Fsp3) is 0.400. The van der Waals surface area contributed by atoms with E-state index in [1.165, 1.54) is 18.2 Å². The summed E-state index contributed by atoms with van der Waals surface area (Å²) in [5, 5.41) is 8.94. The molecule has 0 aliphatic carbocycles. The Bertz CT molecular complexity index is 326. The molecule has 0 unspecified atom stereocenters. The number of alkyl halides is 2. The summed E-state index contributed by atoms with van der Waals surface area (Å²) in [7, 11) is 0. The monoisotopic (exact) mass is 220 g/mol. The van der Waals surface area contributed by atoms with E-state index < -0.39 is 19.0 Å². The van der Waals surface area contributed by atoms with Gasteiger partial charge in [-0.05, 0) is 24.6 Å². The first kappa shape index (κ1) is 11.4. The molecular formula is C10H11ClF2O. The SMILES string of the molecule is Cc1cc(Cl)ccc1C(F)(F)CCO. The van der Waals surface area contributed by atoms with E-state index in [1.54, 1.807) is 6.92 Å². The number of hydrogen-bond donors (Lipinski definition) is 1. The zero-order valence-electron chi connectivity index (χ0n) is 7.73. The van der Waals surface area contributed by atoms with Gasteiger partial charge in [-0.25, -0.2) is 8.78 Å². The van der Waals surface area contributed by atoms with E-state index >= 15 is 0 Å². The number of aliphatic hydroxyl groups excluding tert-OH is 1. The van der Waals surface area contributed by atoms with Crippen LogP contribution in [-0.2, 0) is 5.92 Å². The Balaban J connectivity index is 3.06. The number of hydrogen-bond acceptors (Lipinski definition) is 1. The lowest BCUT2D eigenvalue weighted by atomic mass is 10.0. The summed E-state index contributed by atoms with van der Waals surface area (Å²) in [6.07, 6.45) is -0.560. The third-order valence-electron chi connectivity index (χ3n) is 2.01. The molecule has 1 rings (SSSR count). The van der Waals surface area contributed by atoms with Crippen LogP contribution in [0.4, 0.5) is 8.78 Å². The molecule has 0 heterocycles. The molecule has 4 heteroatoms. The fourth-order valence-electron chi connectivity index (χ4n) is 1.31. The molecule has 0 aliphatic rings. The van der Waals surface area contributed by atoms with E-state index in [0.29, 0.717) is 10.6 Å². The van der Waals surface area contributed by atoms with E-state index in [1.807, 2.05) is 0 Å². The summed E-state index contributed by atoms with van der Waals surface area (Å²) in [5.74, 6) is -2.98. The smallest absolute Gasteiger partial charge is 0.275 e. The van der Waals surface area contributed by atoms with Gasteiger partial charge in [-0.1, -0.05) is 17.7 Å². The second-order valence-corrected chi connectivity index (χ2v) is 3.57. The fourth-order valence-corrected chi connectivity index (χ4v) is 1.54. The van der Waals surface area contributed by atoms with Gasteiger partial charge in [0, 0.05) is 23.6 Å². The van der Waals surface area contributed by atoms with Gasteiger partial charge in [0.25, 0.3) is 5.92 Å². The van der Waals surface area contributed by atoms with Gasteiger partial charge in [0.05, 0.1) is 0 Å². The normalized spacial score (nSPS) is 11.8. The Morgan fingerprint density at radius 1 is 1.43 bits per heavy atom. The van der Waals surface area contributed by atoms with Gasteiger partial charge in [0.2, 0.25) is 0 Å². The van der Waals surface area contributed by atoms with E-state index in [2.05, 4.69) is 0 Å². The van der Waals surface area contributed by atoms with Gasteiger partial charge >= 0.3 is 0 Å². The lowest BCUT2D eigenvalue weighted by Gasteiger charge is -2.17. The molecule has 0 amide bonds. The number of aliphatic hydroxyl groups is 1. The maximum Gasteiger partial charge on any atom is 0.275 e. The first-order valence-electron chi connectivity index (χ1n) is 4.22. The van der Waals surface area contributed by atoms with Crippen molar-refractivity contribution in [2.45, 2.75) is 19.3 Å². The minimum atomic E-state index is -2.98. The molecule has 0 aliphatic heterocycles. The average molecular weight is 221 g/mol. The first-order chi connectivity index (χ1) is 6.47. The Morgan fingerprint density at radius 3 is 2.57 bits per heavy atom. The van der Waals surface area contributed by atoms with Crippen LogP contribution in [0.1, 0.15) is 17.5 Å². The molecule has 0 atom stereocenters. The molecule has 0 radical (unpaired) electrons. The molecule has 0 aromatic heterocycles. The molecule has 1 N–H and O–H groups in total. The zero-order valence-corrected chi connectivity index (χ0v) is 8.48. The van der Waals surface area contributed by atoms with Crippen LogP contribution in [0.5, 0.6) is 0 Å². The van der Waals surface area contributed by atoms with Crippen molar-refractivity contribution in [3.8, 4) is 0 Å². The highest BCUT2D eigenvalue weighted by Gasteiger charge is 2.32. The molecule has 1 aromatic rings. The Labute approximate surface area is 86.3 Å². The van der Waals surface area contributed by atoms with Crippen molar-refractivity contribution in [2.24, 2.45) is 0 Å². The molecule has 1 nitrogen and oxygen atoms in total. The Morgan fingerprint density at radius 2 is 2.07 bits per heavy atom. The third kappa shape index (κ3) is 2.42. The predicted octanol–water partition coefficient (Wildman–Crippen LogP) is 3.12. The van der Waals surface area contributed by atoms with Crippen LogP contribution in [0.2, 0.25) is 5.02 Å². The van der Waals surface area contributed by atoms with Crippen molar-refractivity contribution < 1.29 is 13.9 Å². The van der Waals surface area contributed by atoms with Crippen molar-refractivity contribution in [2.75, 3.05) is 6.61 Å². The van der Waals surface area contributed by atoms with Crippen molar-refractivity contribution in [3.05, 3.63) is 34.3 Å². The summed E-state index contributed by atoms with van der Waals surface area (Å²) < 4.78 is 26.7. The van der Waals surface area contributed by atoms with Gasteiger partial charge in [-0.3, -0.25) is 0 Å². The highest BCUT2D eigenvalue weighted by Crippen LogP contribution is 2.34. The number of benzene rings is 1. The largest absolute Gasteiger partial charge is 0.396 e. The molecule has 0 saturated heterocycles. The van der Waals surface area contributed by atoms with Crippen molar-refractivity contribution in [1.82, 2.24) is 0 Å². The van der Waals surface area contributed by atoms with Crippen LogP contribution >= 0.6 is 11.6 Å².